The number of halogens is 1. The molecule has 0 saturated heterocycles. The lowest BCUT2D eigenvalue weighted by atomic mass is 10.2. The van der Waals surface area contributed by atoms with Crippen LogP contribution in [-0.4, -0.2) is 13.2 Å². The van der Waals surface area contributed by atoms with Gasteiger partial charge in [-0.25, -0.2) is 4.39 Å². The van der Waals surface area contributed by atoms with Crippen LogP contribution in [0.25, 0.3) is 0 Å². The van der Waals surface area contributed by atoms with Gasteiger partial charge in [-0.3, -0.25) is 0 Å². The Hall–Kier alpha value is -1.35. The maximum absolute atomic E-state index is 13.0. The van der Waals surface area contributed by atoms with Gasteiger partial charge in [-0.15, -0.1) is 0 Å². The van der Waals surface area contributed by atoms with Crippen LogP contribution >= 0.6 is 0 Å². The van der Waals surface area contributed by atoms with Crippen LogP contribution < -0.4 is 10.5 Å². The Bertz CT molecular complexity index is 323. The standard InChI is InChI=1S/C11H14FNO/c1-9-4-5-10(8-11(9)12)14-7-3-2-6-13/h2-5,8H,6-7,13H2,1H3/b3-2+. The zero-order valence-corrected chi connectivity index (χ0v) is 8.16. The lowest BCUT2D eigenvalue weighted by Gasteiger charge is -2.03. The highest BCUT2D eigenvalue weighted by molar-refractivity contribution is 5.28. The minimum atomic E-state index is -0.245. The second kappa shape index (κ2) is 5.40. The van der Waals surface area contributed by atoms with Gasteiger partial charge in [0.05, 0.1) is 0 Å². The Morgan fingerprint density at radius 1 is 1.43 bits per heavy atom. The Morgan fingerprint density at radius 3 is 2.86 bits per heavy atom. The Balaban J connectivity index is 2.51. The Morgan fingerprint density at radius 2 is 2.21 bits per heavy atom. The molecule has 0 aromatic heterocycles. The van der Waals surface area contributed by atoms with Crippen molar-refractivity contribution in [3.63, 3.8) is 0 Å². The van der Waals surface area contributed by atoms with E-state index in [1.165, 1.54) is 6.07 Å². The van der Waals surface area contributed by atoms with E-state index < -0.39 is 0 Å². The molecule has 0 radical (unpaired) electrons. The predicted octanol–water partition coefficient (Wildman–Crippen LogP) is 2.03. The van der Waals surface area contributed by atoms with Crippen LogP contribution in [0.15, 0.2) is 30.4 Å². The van der Waals surface area contributed by atoms with Gasteiger partial charge in [0.2, 0.25) is 0 Å². The normalized spacial score (nSPS) is 10.8. The largest absolute Gasteiger partial charge is 0.489 e. The number of rotatable bonds is 4. The van der Waals surface area contributed by atoms with Crippen molar-refractivity contribution in [1.29, 1.82) is 0 Å². The molecule has 1 aromatic carbocycles. The van der Waals surface area contributed by atoms with Crippen molar-refractivity contribution in [3.05, 3.63) is 41.7 Å². The summed E-state index contributed by atoms with van der Waals surface area (Å²) in [6.45, 7) is 2.62. The summed E-state index contributed by atoms with van der Waals surface area (Å²) in [4.78, 5) is 0. The molecule has 0 fully saturated rings. The molecule has 0 atom stereocenters. The summed E-state index contributed by atoms with van der Waals surface area (Å²) in [5.41, 5.74) is 5.87. The van der Waals surface area contributed by atoms with Gasteiger partial charge < -0.3 is 10.5 Å². The SMILES string of the molecule is Cc1ccc(OC/C=C/CN)cc1F. The van der Waals surface area contributed by atoms with E-state index in [4.69, 9.17) is 10.5 Å². The van der Waals surface area contributed by atoms with Crippen LogP contribution in [0.4, 0.5) is 4.39 Å². The topological polar surface area (TPSA) is 35.2 Å². The third-order valence-electron chi connectivity index (χ3n) is 1.79. The van der Waals surface area contributed by atoms with Gasteiger partial charge in [-0.1, -0.05) is 18.2 Å². The van der Waals surface area contributed by atoms with Gasteiger partial charge in [0.15, 0.2) is 0 Å². The summed E-state index contributed by atoms with van der Waals surface area (Å²) < 4.78 is 18.3. The molecule has 14 heavy (non-hydrogen) atoms. The molecular weight excluding hydrogens is 181 g/mol. The third-order valence-corrected chi connectivity index (χ3v) is 1.79. The van der Waals surface area contributed by atoms with Crippen LogP contribution in [0.2, 0.25) is 0 Å². The second-order valence-electron chi connectivity index (χ2n) is 2.93. The van der Waals surface area contributed by atoms with Crippen LogP contribution in [0, 0.1) is 12.7 Å². The first-order valence-corrected chi connectivity index (χ1v) is 4.48. The minimum Gasteiger partial charge on any atom is -0.489 e. The van der Waals surface area contributed by atoms with E-state index >= 15 is 0 Å². The molecular formula is C11H14FNO. The van der Waals surface area contributed by atoms with Crippen LogP contribution in [0.5, 0.6) is 5.75 Å². The fraction of sp³-hybridized carbons (Fsp3) is 0.273. The molecule has 2 N–H and O–H groups in total. The van der Waals surface area contributed by atoms with Gasteiger partial charge in [0.25, 0.3) is 0 Å². The average molecular weight is 195 g/mol. The van der Waals surface area contributed by atoms with Gasteiger partial charge in [-0.05, 0) is 18.6 Å². The maximum atomic E-state index is 13.0. The summed E-state index contributed by atoms with van der Waals surface area (Å²) in [6, 6.07) is 4.82. The molecule has 2 nitrogen and oxygen atoms in total. The van der Waals surface area contributed by atoms with Crippen molar-refractivity contribution >= 4 is 0 Å². The van der Waals surface area contributed by atoms with Crippen LogP contribution in [0.3, 0.4) is 0 Å². The van der Waals surface area contributed by atoms with Gasteiger partial charge >= 0.3 is 0 Å². The number of benzene rings is 1. The maximum Gasteiger partial charge on any atom is 0.129 e. The zero-order chi connectivity index (χ0) is 10.4. The van der Waals surface area contributed by atoms with E-state index in [0.29, 0.717) is 24.5 Å². The van der Waals surface area contributed by atoms with Gasteiger partial charge in [0, 0.05) is 12.6 Å². The number of aryl methyl sites for hydroxylation is 1. The van der Waals surface area contributed by atoms with Crippen LogP contribution in [0.1, 0.15) is 5.56 Å². The van der Waals surface area contributed by atoms with E-state index in [1.54, 1.807) is 31.2 Å². The first-order chi connectivity index (χ1) is 6.74. The minimum absolute atomic E-state index is 0.245. The summed E-state index contributed by atoms with van der Waals surface area (Å²) in [6.07, 6.45) is 3.60. The molecule has 76 valence electrons. The number of nitrogens with two attached hydrogens (primary N) is 1. The molecule has 0 aliphatic carbocycles. The molecule has 0 saturated carbocycles. The van der Waals surface area contributed by atoms with Crippen LogP contribution in [-0.2, 0) is 0 Å². The van der Waals surface area contributed by atoms with E-state index in [0.717, 1.165) is 0 Å². The highest BCUT2D eigenvalue weighted by Gasteiger charge is 1.98. The van der Waals surface area contributed by atoms with E-state index in [-0.39, 0.29) is 5.82 Å². The summed E-state index contributed by atoms with van der Waals surface area (Å²) in [5.74, 6) is 0.292. The van der Waals surface area contributed by atoms with Crippen molar-refractivity contribution in [2.75, 3.05) is 13.2 Å². The fourth-order valence-electron chi connectivity index (χ4n) is 0.972. The van der Waals surface area contributed by atoms with E-state index in [2.05, 4.69) is 0 Å². The zero-order valence-electron chi connectivity index (χ0n) is 8.16. The molecule has 0 aliphatic heterocycles. The highest BCUT2D eigenvalue weighted by atomic mass is 19.1. The van der Waals surface area contributed by atoms with Crippen molar-refractivity contribution < 1.29 is 9.13 Å². The first kappa shape index (κ1) is 10.7. The molecule has 0 heterocycles. The number of hydrogen-bond acceptors (Lipinski definition) is 2. The van der Waals surface area contributed by atoms with Gasteiger partial charge in [0.1, 0.15) is 18.2 Å². The molecule has 0 amide bonds. The Kier molecular flexibility index (Phi) is 4.13. The number of hydrogen-bond donors (Lipinski definition) is 1. The molecule has 3 heteroatoms. The lowest BCUT2D eigenvalue weighted by molar-refractivity contribution is 0.360. The molecule has 0 spiro atoms. The van der Waals surface area contributed by atoms with Crippen molar-refractivity contribution in [3.8, 4) is 5.75 Å². The monoisotopic (exact) mass is 195 g/mol. The Labute approximate surface area is 83.2 Å². The first-order valence-electron chi connectivity index (χ1n) is 4.48. The molecule has 1 aromatic rings. The number of ether oxygens (including phenoxy) is 1. The molecule has 0 bridgehead atoms. The van der Waals surface area contributed by atoms with E-state index in [1.807, 2.05) is 0 Å². The third kappa shape index (κ3) is 3.18. The smallest absolute Gasteiger partial charge is 0.129 e. The molecule has 1 rings (SSSR count). The van der Waals surface area contributed by atoms with E-state index in [9.17, 15) is 4.39 Å². The molecule has 0 unspecified atom stereocenters. The second-order valence-corrected chi connectivity index (χ2v) is 2.93. The van der Waals surface area contributed by atoms with Crippen molar-refractivity contribution in [2.24, 2.45) is 5.73 Å². The van der Waals surface area contributed by atoms with Crippen molar-refractivity contribution in [1.82, 2.24) is 0 Å². The highest BCUT2D eigenvalue weighted by Crippen LogP contribution is 2.15. The fourth-order valence-corrected chi connectivity index (χ4v) is 0.972. The van der Waals surface area contributed by atoms with Crippen molar-refractivity contribution in [2.45, 2.75) is 6.92 Å². The average Bonchev–Trinajstić information content (AvgIpc) is 2.18. The quantitative estimate of drug-likeness (QED) is 0.746. The van der Waals surface area contributed by atoms with Gasteiger partial charge in [-0.2, -0.15) is 0 Å². The summed E-state index contributed by atoms with van der Waals surface area (Å²) in [5, 5.41) is 0. The summed E-state index contributed by atoms with van der Waals surface area (Å²) in [7, 11) is 0. The summed E-state index contributed by atoms with van der Waals surface area (Å²) >= 11 is 0. The molecule has 0 aliphatic rings. The predicted molar refractivity (Wildman–Crippen MR) is 54.8 cm³/mol. The lowest BCUT2D eigenvalue weighted by Crippen LogP contribution is -1.97.